The van der Waals surface area contributed by atoms with Crippen LogP contribution < -0.4 is 10.2 Å². The Labute approximate surface area is 107 Å². The van der Waals surface area contributed by atoms with Gasteiger partial charge in [0, 0.05) is 31.1 Å². The van der Waals surface area contributed by atoms with E-state index in [-0.39, 0.29) is 5.91 Å². The summed E-state index contributed by atoms with van der Waals surface area (Å²) in [6, 6.07) is 4.10. The Balaban J connectivity index is 2.12. The summed E-state index contributed by atoms with van der Waals surface area (Å²) >= 11 is 0. The highest BCUT2D eigenvalue weighted by atomic mass is 16.1. The van der Waals surface area contributed by atoms with Gasteiger partial charge in [0.25, 0.3) is 0 Å². The van der Waals surface area contributed by atoms with Gasteiger partial charge >= 0.3 is 0 Å². The van der Waals surface area contributed by atoms with E-state index in [0.29, 0.717) is 6.54 Å². The molecule has 1 aliphatic rings. The molecule has 0 atom stereocenters. The van der Waals surface area contributed by atoms with Crippen molar-refractivity contribution in [3.63, 3.8) is 0 Å². The van der Waals surface area contributed by atoms with Gasteiger partial charge < -0.3 is 10.2 Å². The zero-order valence-corrected chi connectivity index (χ0v) is 10.9. The zero-order chi connectivity index (χ0) is 13.1. The van der Waals surface area contributed by atoms with Gasteiger partial charge in [-0.25, -0.2) is 4.98 Å². The number of hydrogen-bond donors (Lipinski definition) is 1. The van der Waals surface area contributed by atoms with Crippen molar-refractivity contribution in [3.8, 4) is 0 Å². The second-order valence-electron chi connectivity index (χ2n) is 4.45. The molecule has 0 unspecified atom stereocenters. The molecule has 0 fully saturated rings. The minimum Gasteiger partial charge on any atom is -0.329 e. The fraction of sp³-hybridized carbons (Fsp3) is 0.286. The molecule has 0 spiro atoms. The van der Waals surface area contributed by atoms with Gasteiger partial charge in [-0.1, -0.05) is 0 Å². The largest absolute Gasteiger partial charge is 0.329 e. The van der Waals surface area contributed by atoms with Crippen molar-refractivity contribution in [2.75, 3.05) is 11.4 Å². The molecule has 0 saturated carbocycles. The highest BCUT2D eigenvalue weighted by Gasteiger charge is 2.09. The van der Waals surface area contributed by atoms with E-state index in [2.05, 4.69) is 29.4 Å². The van der Waals surface area contributed by atoms with Crippen LogP contribution >= 0.6 is 0 Å². The van der Waals surface area contributed by atoms with Crippen molar-refractivity contribution < 1.29 is 4.79 Å². The number of hydrogen-bond acceptors (Lipinski definition) is 3. The molecule has 2 rings (SSSR count). The summed E-state index contributed by atoms with van der Waals surface area (Å²) in [5.74, 6) is 0.880. The maximum absolute atomic E-state index is 10.9. The summed E-state index contributed by atoms with van der Waals surface area (Å²) < 4.78 is 0. The van der Waals surface area contributed by atoms with Crippen LogP contribution in [0.25, 0.3) is 0 Å². The molecule has 18 heavy (non-hydrogen) atoms. The first kappa shape index (κ1) is 12.4. The van der Waals surface area contributed by atoms with Crippen LogP contribution in [-0.4, -0.2) is 17.4 Å². The van der Waals surface area contributed by atoms with Gasteiger partial charge in [0.05, 0.1) is 0 Å². The van der Waals surface area contributed by atoms with Crippen molar-refractivity contribution >= 4 is 11.7 Å². The van der Waals surface area contributed by atoms with Crippen LogP contribution in [0.2, 0.25) is 0 Å². The monoisotopic (exact) mass is 243 g/mol. The standard InChI is InChI=1S/C14H17N3O/c1-10-8-11(2)15-14(9-10)17-6-4-13(5-7-17)16-12(3)18/h4-6,8-9H,7H2,1-3H3,(H,16,18). The number of allylic oxidation sites excluding steroid dienone is 1. The third-order valence-electron chi connectivity index (χ3n) is 2.64. The molecule has 0 bridgehead atoms. The highest BCUT2D eigenvalue weighted by Crippen LogP contribution is 2.17. The molecule has 1 aromatic rings. The second-order valence-corrected chi connectivity index (χ2v) is 4.45. The third-order valence-corrected chi connectivity index (χ3v) is 2.64. The van der Waals surface area contributed by atoms with E-state index in [4.69, 9.17) is 0 Å². The Morgan fingerprint density at radius 2 is 2.17 bits per heavy atom. The van der Waals surface area contributed by atoms with E-state index in [9.17, 15) is 4.79 Å². The van der Waals surface area contributed by atoms with Gasteiger partial charge in [0.2, 0.25) is 5.91 Å². The summed E-state index contributed by atoms with van der Waals surface area (Å²) in [4.78, 5) is 17.5. The van der Waals surface area contributed by atoms with Crippen LogP contribution in [0, 0.1) is 13.8 Å². The number of carbonyl (C=O) groups excluding carboxylic acids is 1. The molecule has 0 saturated heterocycles. The van der Waals surface area contributed by atoms with Crippen molar-refractivity contribution in [3.05, 3.63) is 47.4 Å². The summed E-state index contributed by atoms with van der Waals surface area (Å²) in [6.07, 6.45) is 5.79. The van der Waals surface area contributed by atoms with Crippen LogP contribution in [0.5, 0.6) is 0 Å². The lowest BCUT2D eigenvalue weighted by molar-refractivity contribution is -0.118. The van der Waals surface area contributed by atoms with Gasteiger partial charge in [-0.2, -0.15) is 0 Å². The first-order valence-electron chi connectivity index (χ1n) is 5.92. The quantitative estimate of drug-likeness (QED) is 0.864. The SMILES string of the molecule is CC(=O)NC1=CCN(c2cc(C)cc(C)n2)C=C1. The first-order chi connectivity index (χ1) is 8.54. The van der Waals surface area contributed by atoms with Crippen molar-refractivity contribution in [2.45, 2.75) is 20.8 Å². The van der Waals surface area contributed by atoms with Gasteiger partial charge in [-0.3, -0.25) is 4.79 Å². The van der Waals surface area contributed by atoms with Crippen LogP contribution in [0.3, 0.4) is 0 Å². The van der Waals surface area contributed by atoms with E-state index in [1.54, 1.807) is 0 Å². The molecule has 4 heteroatoms. The summed E-state index contributed by atoms with van der Waals surface area (Å²) in [5.41, 5.74) is 3.04. The minimum atomic E-state index is -0.0520. The van der Waals surface area contributed by atoms with Gasteiger partial charge in [-0.15, -0.1) is 0 Å². The molecule has 0 aromatic carbocycles. The number of aryl methyl sites for hydroxylation is 2. The molecule has 1 N–H and O–H groups in total. The number of nitrogens with zero attached hydrogens (tertiary/aromatic N) is 2. The number of amides is 1. The molecule has 0 aliphatic carbocycles. The molecule has 2 heterocycles. The van der Waals surface area contributed by atoms with Crippen molar-refractivity contribution in [2.24, 2.45) is 0 Å². The van der Waals surface area contributed by atoms with Crippen LogP contribution in [0.15, 0.2) is 36.2 Å². The van der Waals surface area contributed by atoms with Gasteiger partial charge in [0.1, 0.15) is 5.82 Å². The van der Waals surface area contributed by atoms with E-state index in [1.165, 1.54) is 12.5 Å². The number of anilines is 1. The van der Waals surface area contributed by atoms with Crippen LogP contribution in [0.1, 0.15) is 18.2 Å². The Bertz CT molecular complexity index is 512. The number of rotatable bonds is 2. The average Bonchev–Trinajstić information content (AvgIpc) is 2.27. The Morgan fingerprint density at radius 3 is 2.72 bits per heavy atom. The Hall–Kier alpha value is -2.10. The van der Waals surface area contributed by atoms with Crippen LogP contribution in [-0.2, 0) is 4.79 Å². The summed E-state index contributed by atoms with van der Waals surface area (Å²) in [7, 11) is 0. The molecule has 4 nitrogen and oxygen atoms in total. The lowest BCUT2D eigenvalue weighted by atomic mass is 10.2. The third kappa shape index (κ3) is 2.97. The predicted molar refractivity (Wildman–Crippen MR) is 72.1 cm³/mol. The minimum absolute atomic E-state index is 0.0520. The van der Waals surface area contributed by atoms with Gasteiger partial charge in [0.15, 0.2) is 0 Å². The maximum Gasteiger partial charge on any atom is 0.221 e. The zero-order valence-electron chi connectivity index (χ0n) is 10.9. The summed E-state index contributed by atoms with van der Waals surface area (Å²) in [5, 5.41) is 2.76. The number of nitrogens with one attached hydrogen (secondary N) is 1. The highest BCUT2D eigenvalue weighted by molar-refractivity contribution is 5.75. The van der Waals surface area contributed by atoms with Crippen molar-refractivity contribution in [1.82, 2.24) is 10.3 Å². The van der Waals surface area contributed by atoms with E-state index >= 15 is 0 Å². The fourth-order valence-electron chi connectivity index (χ4n) is 1.93. The number of pyridine rings is 1. The molecular weight excluding hydrogens is 226 g/mol. The predicted octanol–water partition coefficient (Wildman–Crippen LogP) is 2.05. The molecule has 94 valence electrons. The fourth-order valence-corrected chi connectivity index (χ4v) is 1.93. The maximum atomic E-state index is 10.9. The number of aromatic nitrogens is 1. The van der Waals surface area contributed by atoms with E-state index in [1.807, 2.05) is 30.2 Å². The molecule has 0 radical (unpaired) electrons. The Kier molecular flexibility index (Phi) is 3.46. The lowest BCUT2D eigenvalue weighted by Gasteiger charge is -2.22. The smallest absolute Gasteiger partial charge is 0.221 e. The Morgan fingerprint density at radius 1 is 1.39 bits per heavy atom. The number of carbonyl (C=O) groups is 1. The summed E-state index contributed by atoms with van der Waals surface area (Å²) in [6.45, 7) is 6.27. The van der Waals surface area contributed by atoms with E-state index in [0.717, 1.165) is 17.2 Å². The molecule has 1 aliphatic heterocycles. The lowest BCUT2D eigenvalue weighted by Crippen LogP contribution is -2.25. The molecular formula is C14H17N3O. The average molecular weight is 243 g/mol. The second kappa shape index (κ2) is 5.04. The van der Waals surface area contributed by atoms with Crippen molar-refractivity contribution in [1.29, 1.82) is 0 Å². The topological polar surface area (TPSA) is 45.2 Å². The van der Waals surface area contributed by atoms with Gasteiger partial charge in [-0.05, 0) is 43.7 Å². The normalized spacial score (nSPS) is 14.4. The van der Waals surface area contributed by atoms with Crippen LogP contribution in [0.4, 0.5) is 5.82 Å². The molecule has 1 amide bonds. The van der Waals surface area contributed by atoms with E-state index < -0.39 is 0 Å². The molecule has 1 aromatic heterocycles. The first-order valence-corrected chi connectivity index (χ1v) is 5.92.